The average Bonchev–Trinajstić information content (AvgIpc) is 3.16. The molecule has 1 aromatic carbocycles. The highest BCUT2D eigenvalue weighted by Crippen LogP contribution is 2.48. The molecule has 0 aliphatic heterocycles. The van der Waals surface area contributed by atoms with Gasteiger partial charge in [0.15, 0.2) is 4.77 Å². The molecule has 0 unspecified atom stereocenters. The summed E-state index contributed by atoms with van der Waals surface area (Å²) >= 11 is 11.2. The Labute approximate surface area is 149 Å². The summed E-state index contributed by atoms with van der Waals surface area (Å²) in [5.74, 6) is 1.17. The SMILES string of the molecule is O=c1[nH]c(=S)n(-c2ccc(Cl)cc2)c(O)c1C=C1C[C@@H]2CC[C@H]1C2. The summed E-state index contributed by atoms with van der Waals surface area (Å²) in [6, 6.07) is 6.95. The Bertz CT molecular complexity index is 943. The number of aromatic amines is 1. The molecule has 0 amide bonds. The Kier molecular flexibility index (Phi) is 3.85. The van der Waals surface area contributed by atoms with Gasteiger partial charge >= 0.3 is 0 Å². The Hall–Kier alpha value is -1.85. The molecule has 2 bridgehead atoms. The predicted molar refractivity (Wildman–Crippen MR) is 97.3 cm³/mol. The van der Waals surface area contributed by atoms with Crippen LogP contribution in [0.2, 0.25) is 5.02 Å². The van der Waals surface area contributed by atoms with Gasteiger partial charge in [0.1, 0.15) is 5.56 Å². The number of hydrogen-bond donors (Lipinski definition) is 2. The number of nitrogens with one attached hydrogen (secondary N) is 1. The Morgan fingerprint density at radius 1 is 1.29 bits per heavy atom. The zero-order chi connectivity index (χ0) is 16.8. The number of aromatic nitrogens is 2. The van der Waals surface area contributed by atoms with E-state index in [4.69, 9.17) is 23.8 Å². The monoisotopic (exact) mass is 360 g/mol. The van der Waals surface area contributed by atoms with Crippen LogP contribution in [-0.4, -0.2) is 14.7 Å². The molecule has 124 valence electrons. The van der Waals surface area contributed by atoms with Crippen molar-refractivity contribution in [2.24, 2.45) is 11.8 Å². The molecule has 0 saturated heterocycles. The molecule has 1 heterocycles. The van der Waals surface area contributed by atoms with Crippen molar-refractivity contribution < 1.29 is 5.11 Å². The highest BCUT2D eigenvalue weighted by atomic mass is 35.5. The van der Waals surface area contributed by atoms with Crippen LogP contribution in [0.15, 0.2) is 34.6 Å². The van der Waals surface area contributed by atoms with Crippen LogP contribution in [0.4, 0.5) is 0 Å². The highest BCUT2D eigenvalue weighted by molar-refractivity contribution is 7.71. The molecule has 0 radical (unpaired) electrons. The van der Waals surface area contributed by atoms with E-state index in [2.05, 4.69) is 4.98 Å². The van der Waals surface area contributed by atoms with Crippen molar-refractivity contribution in [2.45, 2.75) is 25.7 Å². The molecule has 0 spiro atoms. The molecule has 2 fully saturated rings. The van der Waals surface area contributed by atoms with Crippen LogP contribution in [0.25, 0.3) is 11.8 Å². The smallest absolute Gasteiger partial charge is 0.262 e. The number of rotatable bonds is 2. The van der Waals surface area contributed by atoms with Crippen molar-refractivity contribution >= 4 is 29.9 Å². The molecule has 4 nitrogen and oxygen atoms in total. The fraction of sp³-hybridized carbons (Fsp3) is 0.333. The van der Waals surface area contributed by atoms with E-state index < -0.39 is 0 Å². The molecule has 4 rings (SSSR count). The van der Waals surface area contributed by atoms with E-state index in [1.807, 2.05) is 6.08 Å². The summed E-state index contributed by atoms with van der Waals surface area (Å²) in [5.41, 5.74) is 1.86. The second-order valence-electron chi connectivity index (χ2n) is 6.61. The molecule has 1 aromatic heterocycles. The minimum absolute atomic E-state index is 0.124. The summed E-state index contributed by atoms with van der Waals surface area (Å²) in [4.78, 5) is 15.0. The first-order valence-electron chi connectivity index (χ1n) is 8.07. The van der Waals surface area contributed by atoms with E-state index in [0.29, 0.717) is 16.6 Å². The first kappa shape index (κ1) is 15.7. The third kappa shape index (κ3) is 2.62. The molecule has 2 atom stereocenters. The third-order valence-electron chi connectivity index (χ3n) is 5.13. The van der Waals surface area contributed by atoms with Crippen LogP contribution >= 0.6 is 23.8 Å². The van der Waals surface area contributed by atoms with Gasteiger partial charge in [0, 0.05) is 5.02 Å². The summed E-state index contributed by atoms with van der Waals surface area (Å²) in [6.07, 6.45) is 6.56. The molecular formula is C18H17ClN2O2S. The third-order valence-corrected chi connectivity index (χ3v) is 5.66. The molecule has 2 aliphatic carbocycles. The maximum Gasteiger partial charge on any atom is 0.262 e. The van der Waals surface area contributed by atoms with Crippen LogP contribution in [0.3, 0.4) is 0 Å². The number of allylic oxidation sites excluding steroid dienone is 1. The van der Waals surface area contributed by atoms with Crippen molar-refractivity contribution in [1.82, 2.24) is 9.55 Å². The number of H-pyrrole nitrogens is 1. The second kappa shape index (κ2) is 5.90. The molecular weight excluding hydrogens is 344 g/mol. The summed E-state index contributed by atoms with van der Waals surface area (Å²) < 4.78 is 1.63. The molecule has 2 N–H and O–H groups in total. The Morgan fingerprint density at radius 2 is 2.04 bits per heavy atom. The van der Waals surface area contributed by atoms with Crippen molar-refractivity contribution in [3.63, 3.8) is 0 Å². The lowest BCUT2D eigenvalue weighted by Gasteiger charge is -2.15. The van der Waals surface area contributed by atoms with Crippen molar-refractivity contribution in [3.8, 4) is 11.6 Å². The van der Waals surface area contributed by atoms with Gasteiger partial charge in [0.05, 0.1) is 5.69 Å². The van der Waals surface area contributed by atoms with Gasteiger partial charge in [-0.3, -0.25) is 14.3 Å². The van der Waals surface area contributed by atoms with Crippen LogP contribution in [0, 0.1) is 16.6 Å². The van der Waals surface area contributed by atoms with Gasteiger partial charge in [0.25, 0.3) is 5.56 Å². The van der Waals surface area contributed by atoms with E-state index in [9.17, 15) is 9.90 Å². The van der Waals surface area contributed by atoms with Gasteiger partial charge in [-0.1, -0.05) is 17.2 Å². The second-order valence-corrected chi connectivity index (χ2v) is 7.43. The van der Waals surface area contributed by atoms with Gasteiger partial charge in [-0.05, 0) is 80.1 Å². The average molecular weight is 361 g/mol. The van der Waals surface area contributed by atoms with Gasteiger partial charge < -0.3 is 5.11 Å². The minimum atomic E-state index is -0.349. The number of hydrogen-bond acceptors (Lipinski definition) is 3. The fourth-order valence-electron chi connectivity index (χ4n) is 3.96. The lowest BCUT2D eigenvalue weighted by atomic mass is 9.93. The fourth-order valence-corrected chi connectivity index (χ4v) is 4.37. The highest BCUT2D eigenvalue weighted by Gasteiger charge is 2.35. The lowest BCUT2D eigenvalue weighted by Crippen LogP contribution is -2.16. The number of fused-ring (bicyclic) bond motifs is 2. The maximum absolute atomic E-state index is 12.3. The quantitative estimate of drug-likeness (QED) is 0.777. The number of nitrogens with zero attached hydrogens (tertiary/aromatic N) is 1. The first-order chi connectivity index (χ1) is 11.5. The van der Waals surface area contributed by atoms with Crippen LogP contribution in [-0.2, 0) is 0 Å². The summed E-state index contributed by atoms with van der Waals surface area (Å²) in [6.45, 7) is 0. The minimum Gasteiger partial charge on any atom is -0.494 e. The number of aromatic hydroxyl groups is 1. The summed E-state index contributed by atoms with van der Waals surface area (Å²) in [5, 5.41) is 11.3. The van der Waals surface area contributed by atoms with E-state index >= 15 is 0 Å². The van der Waals surface area contributed by atoms with Crippen molar-refractivity contribution in [1.29, 1.82) is 0 Å². The van der Waals surface area contributed by atoms with Gasteiger partial charge in [-0.15, -0.1) is 0 Å². The van der Waals surface area contributed by atoms with Gasteiger partial charge in [-0.25, -0.2) is 0 Å². The Morgan fingerprint density at radius 3 is 2.67 bits per heavy atom. The first-order valence-corrected chi connectivity index (χ1v) is 8.86. The van der Waals surface area contributed by atoms with Crippen LogP contribution in [0.1, 0.15) is 31.2 Å². The molecule has 2 saturated carbocycles. The van der Waals surface area contributed by atoms with Crippen LogP contribution in [0.5, 0.6) is 5.88 Å². The molecule has 2 aromatic rings. The zero-order valence-corrected chi connectivity index (χ0v) is 14.5. The Balaban J connectivity index is 1.85. The standard InChI is InChI=1S/C18H17ClN2O2S/c19-13-3-5-14(6-4-13)21-17(23)15(16(22)20-18(21)24)9-12-8-10-1-2-11(12)7-10/h3-6,9-11,23H,1-2,7-8H2,(H,20,22,24)/t10-,11+/m1/s1. The van der Waals surface area contributed by atoms with Gasteiger partial charge in [0.2, 0.25) is 5.88 Å². The normalized spacial score (nSPS) is 24.0. The van der Waals surface area contributed by atoms with Gasteiger partial charge in [-0.2, -0.15) is 0 Å². The van der Waals surface area contributed by atoms with E-state index in [-0.39, 0.29) is 21.8 Å². The zero-order valence-electron chi connectivity index (χ0n) is 13.0. The van der Waals surface area contributed by atoms with E-state index in [1.54, 1.807) is 24.3 Å². The molecule has 6 heteroatoms. The molecule has 2 aliphatic rings. The topological polar surface area (TPSA) is 58.0 Å². The van der Waals surface area contributed by atoms with Crippen molar-refractivity contribution in [3.05, 3.63) is 55.5 Å². The van der Waals surface area contributed by atoms with E-state index in [0.717, 1.165) is 12.3 Å². The largest absolute Gasteiger partial charge is 0.494 e. The predicted octanol–water partition coefficient (Wildman–Crippen LogP) is 4.46. The van der Waals surface area contributed by atoms with E-state index in [1.165, 1.54) is 29.4 Å². The maximum atomic E-state index is 12.3. The number of benzene rings is 1. The number of halogens is 1. The van der Waals surface area contributed by atoms with Crippen molar-refractivity contribution in [2.75, 3.05) is 0 Å². The van der Waals surface area contributed by atoms with Crippen LogP contribution < -0.4 is 5.56 Å². The lowest BCUT2D eigenvalue weighted by molar-refractivity contribution is 0.431. The molecule has 24 heavy (non-hydrogen) atoms. The summed E-state index contributed by atoms with van der Waals surface area (Å²) in [7, 11) is 0.